The van der Waals surface area contributed by atoms with Crippen LogP contribution >= 0.6 is 0 Å². The summed E-state index contributed by atoms with van der Waals surface area (Å²) in [5.74, 6) is 1.24. The zero-order valence-electron chi connectivity index (χ0n) is 9.20. The van der Waals surface area contributed by atoms with Crippen molar-refractivity contribution in [3.8, 4) is 0 Å². The smallest absolute Gasteiger partial charge is 0.221 e. The highest BCUT2D eigenvalue weighted by atomic mass is 32.2. The third kappa shape index (κ3) is 5.89. The molecule has 0 aromatic carbocycles. The lowest BCUT2D eigenvalue weighted by Crippen LogP contribution is -2.33. The second-order valence-corrected chi connectivity index (χ2v) is 5.74. The first-order valence-corrected chi connectivity index (χ1v) is 7.14. The Morgan fingerprint density at radius 2 is 2.27 bits per heavy atom. The van der Waals surface area contributed by atoms with Crippen molar-refractivity contribution in [1.29, 1.82) is 0 Å². The molecule has 0 aliphatic heterocycles. The summed E-state index contributed by atoms with van der Waals surface area (Å²) in [6, 6.07) is 0.0327. The highest BCUT2D eigenvalue weighted by Gasteiger charge is 2.29. The molecule has 2 atom stereocenters. The number of carbonyl (C=O) groups excluding carboxylic acids is 1. The first-order chi connectivity index (χ1) is 7.09. The third-order valence-corrected chi connectivity index (χ3v) is 3.44. The number of rotatable bonds is 7. The highest BCUT2D eigenvalue weighted by molar-refractivity contribution is 7.84. The van der Waals surface area contributed by atoms with E-state index in [4.69, 9.17) is 5.73 Å². The van der Waals surface area contributed by atoms with Gasteiger partial charge in [0.15, 0.2) is 0 Å². The van der Waals surface area contributed by atoms with Crippen LogP contribution in [-0.2, 0) is 15.6 Å². The minimum atomic E-state index is -0.764. The van der Waals surface area contributed by atoms with Gasteiger partial charge in [0.1, 0.15) is 0 Å². The number of amides is 1. The predicted molar refractivity (Wildman–Crippen MR) is 61.9 cm³/mol. The van der Waals surface area contributed by atoms with Gasteiger partial charge in [-0.3, -0.25) is 9.00 Å². The maximum Gasteiger partial charge on any atom is 0.221 e. The summed E-state index contributed by atoms with van der Waals surface area (Å²) in [6.45, 7) is 0.607. The summed E-state index contributed by atoms with van der Waals surface area (Å²) >= 11 is 0. The van der Waals surface area contributed by atoms with Gasteiger partial charge in [0.2, 0.25) is 5.91 Å². The van der Waals surface area contributed by atoms with Crippen LogP contribution < -0.4 is 11.1 Å². The second-order valence-electron chi connectivity index (χ2n) is 4.19. The van der Waals surface area contributed by atoms with Gasteiger partial charge in [0.05, 0.1) is 0 Å². The summed E-state index contributed by atoms with van der Waals surface area (Å²) in [5.41, 5.74) is 5.82. The Morgan fingerprint density at radius 3 is 2.80 bits per heavy atom. The van der Waals surface area contributed by atoms with Gasteiger partial charge >= 0.3 is 0 Å². The molecule has 0 radical (unpaired) electrons. The van der Waals surface area contributed by atoms with Crippen LogP contribution in [0.2, 0.25) is 0 Å². The maximum absolute atomic E-state index is 11.4. The summed E-state index contributed by atoms with van der Waals surface area (Å²) in [4.78, 5) is 11.4. The van der Waals surface area contributed by atoms with Crippen molar-refractivity contribution < 1.29 is 9.00 Å². The van der Waals surface area contributed by atoms with E-state index in [9.17, 15) is 9.00 Å². The van der Waals surface area contributed by atoms with E-state index in [1.807, 2.05) is 0 Å². The molecule has 15 heavy (non-hydrogen) atoms. The summed E-state index contributed by atoms with van der Waals surface area (Å²) in [7, 11) is -0.764. The van der Waals surface area contributed by atoms with Crippen LogP contribution in [0.1, 0.15) is 25.7 Å². The molecule has 4 nitrogen and oxygen atoms in total. The molecule has 2 unspecified atom stereocenters. The van der Waals surface area contributed by atoms with E-state index in [2.05, 4.69) is 5.32 Å². The molecule has 1 saturated carbocycles. The topological polar surface area (TPSA) is 72.2 Å². The van der Waals surface area contributed by atoms with E-state index >= 15 is 0 Å². The molecule has 0 spiro atoms. The van der Waals surface area contributed by atoms with Crippen molar-refractivity contribution in [1.82, 2.24) is 5.32 Å². The Hall–Kier alpha value is -0.420. The quantitative estimate of drug-likeness (QED) is 0.607. The van der Waals surface area contributed by atoms with Crippen molar-refractivity contribution >= 4 is 16.7 Å². The monoisotopic (exact) mass is 232 g/mol. The van der Waals surface area contributed by atoms with E-state index in [-0.39, 0.29) is 11.9 Å². The largest absolute Gasteiger partial charge is 0.356 e. The fraction of sp³-hybridized carbons (Fsp3) is 0.900. The van der Waals surface area contributed by atoms with E-state index < -0.39 is 10.8 Å². The minimum Gasteiger partial charge on any atom is -0.356 e. The van der Waals surface area contributed by atoms with Crippen LogP contribution in [0.3, 0.4) is 0 Å². The Morgan fingerprint density at radius 1 is 1.60 bits per heavy atom. The van der Waals surface area contributed by atoms with E-state index in [1.54, 1.807) is 6.26 Å². The van der Waals surface area contributed by atoms with Gasteiger partial charge in [-0.15, -0.1) is 0 Å². The molecule has 1 fully saturated rings. The molecule has 5 heteroatoms. The van der Waals surface area contributed by atoms with Gasteiger partial charge in [0, 0.05) is 41.8 Å². The Bertz CT molecular complexity index is 242. The third-order valence-electron chi connectivity index (χ3n) is 2.58. The lowest BCUT2D eigenvalue weighted by Gasteiger charge is -2.10. The van der Waals surface area contributed by atoms with Gasteiger partial charge in [-0.05, 0) is 25.2 Å². The Labute approximate surface area is 93.4 Å². The van der Waals surface area contributed by atoms with Gasteiger partial charge < -0.3 is 11.1 Å². The van der Waals surface area contributed by atoms with Crippen LogP contribution in [0.5, 0.6) is 0 Å². The average Bonchev–Trinajstić information content (AvgIpc) is 2.94. The van der Waals surface area contributed by atoms with E-state index in [0.29, 0.717) is 24.6 Å². The van der Waals surface area contributed by atoms with Crippen LogP contribution in [0.15, 0.2) is 0 Å². The van der Waals surface area contributed by atoms with Gasteiger partial charge in [-0.2, -0.15) is 0 Å². The van der Waals surface area contributed by atoms with Gasteiger partial charge in [-0.25, -0.2) is 0 Å². The fourth-order valence-corrected chi connectivity index (χ4v) is 2.03. The van der Waals surface area contributed by atoms with Crippen LogP contribution in [0, 0.1) is 5.92 Å². The lowest BCUT2D eigenvalue weighted by atomic mass is 10.1. The van der Waals surface area contributed by atoms with Gasteiger partial charge in [0.25, 0.3) is 0 Å². The molecule has 1 aliphatic carbocycles. The number of hydrogen-bond acceptors (Lipinski definition) is 3. The summed E-state index contributed by atoms with van der Waals surface area (Å²) in [5, 5.41) is 2.80. The molecule has 0 heterocycles. The molecule has 0 aromatic heterocycles. The molecular formula is C10H20N2O2S. The molecule has 0 bridgehead atoms. The first kappa shape index (κ1) is 12.6. The van der Waals surface area contributed by atoms with Crippen LogP contribution in [0.25, 0.3) is 0 Å². The highest BCUT2D eigenvalue weighted by Crippen LogP contribution is 2.32. The van der Waals surface area contributed by atoms with Crippen molar-refractivity contribution in [2.45, 2.75) is 31.7 Å². The lowest BCUT2D eigenvalue weighted by molar-refractivity contribution is -0.121. The molecule has 0 saturated heterocycles. The van der Waals surface area contributed by atoms with Crippen LogP contribution in [-0.4, -0.2) is 34.7 Å². The normalized spacial score (nSPS) is 19.6. The van der Waals surface area contributed by atoms with Crippen molar-refractivity contribution in [3.05, 3.63) is 0 Å². The number of nitrogens with one attached hydrogen (secondary N) is 1. The summed E-state index contributed by atoms with van der Waals surface area (Å²) < 4.78 is 10.7. The van der Waals surface area contributed by atoms with E-state index in [1.165, 1.54) is 12.8 Å². The molecule has 3 N–H and O–H groups in total. The Kier molecular flexibility index (Phi) is 5.25. The molecule has 1 rings (SSSR count). The SMILES string of the molecule is CS(=O)CCCNC(=O)CC(N)C1CC1. The Balaban J connectivity index is 2.00. The summed E-state index contributed by atoms with van der Waals surface area (Å²) in [6.07, 6.45) is 5.21. The van der Waals surface area contributed by atoms with Crippen molar-refractivity contribution in [3.63, 3.8) is 0 Å². The zero-order chi connectivity index (χ0) is 11.3. The number of carbonyl (C=O) groups is 1. The van der Waals surface area contributed by atoms with Crippen molar-refractivity contribution in [2.24, 2.45) is 11.7 Å². The minimum absolute atomic E-state index is 0.0243. The molecule has 1 aliphatic rings. The molecular weight excluding hydrogens is 212 g/mol. The average molecular weight is 232 g/mol. The molecule has 1 amide bonds. The predicted octanol–water partition coefficient (Wildman–Crippen LogP) is -0.00140. The number of hydrogen-bond donors (Lipinski definition) is 2. The van der Waals surface area contributed by atoms with E-state index in [0.717, 1.165) is 6.42 Å². The maximum atomic E-state index is 11.4. The first-order valence-electron chi connectivity index (χ1n) is 5.42. The second kappa shape index (κ2) is 6.23. The number of nitrogens with two attached hydrogens (primary N) is 1. The van der Waals surface area contributed by atoms with Gasteiger partial charge in [-0.1, -0.05) is 0 Å². The fourth-order valence-electron chi connectivity index (χ4n) is 1.48. The van der Waals surface area contributed by atoms with Crippen LogP contribution in [0.4, 0.5) is 0 Å². The molecule has 88 valence electrons. The van der Waals surface area contributed by atoms with Crippen molar-refractivity contribution in [2.75, 3.05) is 18.6 Å². The molecule has 0 aromatic rings. The zero-order valence-corrected chi connectivity index (χ0v) is 10.0. The standard InChI is InChI=1S/C10H20N2O2S/c1-15(14)6-2-5-12-10(13)7-9(11)8-3-4-8/h8-9H,2-7,11H2,1H3,(H,12,13).